The second-order valence-electron chi connectivity index (χ2n) is 4.28. The molecule has 0 aliphatic carbocycles. The molecule has 0 saturated heterocycles. The molecule has 0 amide bonds. The topological polar surface area (TPSA) is 56.5 Å². The SMILES string of the molecule is FC(F)(F)c1ccncc1-c1nnnn1-c1ccccc1Cl. The molecule has 0 saturated carbocycles. The summed E-state index contributed by atoms with van der Waals surface area (Å²) >= 11 is 6.05. The highest BCUT2D eigenvalue weighted by molar-refractivity contribution is 6.32. The molecule has 3 aromatic rings. The Morgan fingerprint density at radius 3 is 2.59 bits per heavy atom. The molecule has 0 aliphatic rings. The van der Waals surface area contributed by atoms with Crippen LogP contribution in [0.2, 0.25) is 5.02 Å². The summed E-state index contributed by atoms with van der Waals surface area (Å²) in [6.45, 7) is 0. The van der Waals surface area contributed by atoms with Gasteiger partial charge in [-0.05, 0) is 28.6 Å². The van der Waals surface area contributed by atoms with Crippen molar-refractivity contribution < 1.29 is 13.2 Å². The Balaban J connectivity index is 2.21. The van der Waals surface area contributed by atoms with Gasteiger partial charge in [0.15, 0.2) is 5.82 Å². The predicted octanol–water partition coefficient (Wildman–Crippen LogP) is 3.40. The van der Waals surface area contributed by atoms with Crippen molar-refractivity contribution in [1.82, 2.24) is 25.2 Å². The zero-order chi connectivity index (χ0) is 15.7. The van der Waals surface area contributed by atoms with E-state index < -0.39 is 11.7 Å². The number of halogens is 4. The molecule has 9 heteroatoms. The summed E-state index contributed by atoms with van der Waals surface area (Å²) in [4.78, 5) is 3.73. The number of para-hydroxylation sites is 1. The Morgan fingerprint density at radius 2 is 1.86 bits per heavy atom. The normalized spacial score (nSPS) is 11.6. The summed E-state index contributed by atoms with van der Waals surface area (Å²) in [5.41, 5.74) is -0.716. The van der Waals surface area contributed by atoms with Gasteiger partial charge in [0.1, 0.15) is 0 Å². The summed E-state index contributed by atoms with van der Waals surface area (Å²) < 4.78 is 40.5. The molecule has 112 valence electrons. The number of pyridine rings is 1. The highest BCUT2D eigenvalue weighted by Gasteiger charge is 2.35. The van der Waals surface area contributed by atoms with Crippen LogP contribution >= 0.6 is 11.6 Å². The molecule has 0 N–H and O–H groups in total. The predicted molar refractivity (Wildman–Crippen MR) is 72.4 cm³/mol. The number of rotatable bonds is 2. The fourth-order valence-corrected chi connectivity index (χ4v) is 2.18. The Labute approximate surface area is 127 Å². The van der Waals surface area contributed by atoms with Crippen LogP contribution < -0.4 is 0 Å². The molecule has 2 aromatic heterocycles. The molecule has 22 heavy (non-hydrogen) atoms. The second kappa shape index (κ2) is 5.38. The van der Waals surface area contributed by atoms with E-state index in [0.29, 0.717) is 10.7 Å². The van der Waals surface area contributed by atoms with E-state index in [0.717, 1.165) is 23.1 Å². The Morgan fingerprint density at radius 1 is 1.09 bits per heavy atom. The van der Waals surface area contributed by atoms with Crippen molar-refractivity contribution in [2.75, 3.05) is 0 Å². The van der Waals surface area contributed by atoms with E-state index in [4.69, 9.17) is 11.6 Å². The van der Waals surface area contributed by atoms with Crippen LogP contribution in [0, 0.1) is 0 Å². The summed E-state index contributed by atoms with van der Waals surface area (Å²) in [6, 6.07) is 7.45. The van der Waals surface area contributed by atoms with Gasteiger partial charge < -0.3 is 0 Å². The minimum Gasteiger partial charge on any atom is -0.264 e. The van der Waals surface area contributed by atoms with E-state index in [1.807, 2.05) is 0 Å². The molecule has 0 bridgehead atoms. The van der Waals surface area contributed by atoms with Crippen molar-refractivity contribution in [3.8, 4) is 17.1 Å². The molecular formula is C13H7ClF3N5. The number of hydrogen-bond donors (Lipinski definition) is 0. The average molecular weight is 326 g/mol. The molecule has 5 nitrogen and oxygen atoms in total. The molecule has 0 fully saturated rings. The standard InChI is InChI=1S/C13H7ClF3N5/c14-10-3-1-2-4-11(10)22-12(19-20-21-22)8-7-18-6-5-9(8)13(15,16)17/h1-7H. The molecule has 0 spiro atoms. The van der Waals surface area contributed by atoms with Crippen LogP contribution in [0.3, 0.4) is 0 Å². The molecule has 1 aromatic carbocycles. The number of alkyl halides is 3. The van der Waals surface area contributed by atoms with Crippen LogP contribution in [0.4, 0.5) is 13.2 Å². The fourth-order valence-electron chi connectivity index (χ4n) is 1.96. The number of tetrazole rings is 1. The Bertz CT molecular complexity index is 815. The maximum absolute atomic E-state index is 13.1. The largest absolute Gasteiger partial charge is 0.417 e. The van der Waals surface area contributed by atoms with Crippen molar-refractivity contribution in [3.05, 3.63) is 53.3 Å². The molecular weight excluding hydrogens is 319 g/mol. The number of benzene rings is 1. The molecule has 0 unspecified atom stereocenters. The van der Waals surface area contributed by atoms with Crippen LogP contribution in [0.1, 0.15) is 5.56 Å². The third-order valence-corrected chi connectivity index (χ3v) is 3.24. The summed E-state index contributed by atoms with van der Waals surface area (Å²) in [6.07, 6.45) is -2.41. The van der Waals surface area contributed by atoms with E-state index in [9.17, 15) is 13.2 Å². The van der Waals surface area contributed by atoms with Crippen molar-refractivity contribution in [2.24, 2.45) is 0 Å². The zero-order valence-corrected chi connectivity index (χ0v) is 11.5. The third-order valence-electron chi connectivity index (χ3n) is 2.92. The van der Waals surface area contributed by atoms with E-state index in [2.05, 4.69) is 20.5 Å². The first-order chi connectivity index (χ1) is 10.5. The van der Waals surface area contributed by atoms with Crippen LogP contribution in [0.5, 0.6) is 0 Å². The first-order valence-electron chi connectivity index (χ1n) is 6.03. The van der Waals surface area contributed by atoms with Gasteiger partial charge >= 0.3 is 6.18 Å². The van der Waals surface area contributed by atoms with E-state index in [-0.39, 0.29) is 11.4 Å². The van der Waals surface area contributed by atoms with Gasteiger partial charge in [0.25, 0.3) is 0 Å². The number of hydrogen-bond acceptors (Lipinski definition) is 4. The van der Waals surface area contributed by atoms with Gasteiger partial charge in [-0.3, -0.25) is 4.98 Å². The number of nitrogens with zero attached hydrogens (tertiary/aromatic N) is 5. The lowest BCUT2D eigenvalue weighted by Crippen LogP contribution is -2.10. The van der Waals surface area contributed by atoms with Gasteiger partial charge in [-0.2, -0.15) is 17.9 Å². The quantitative estimate of drug-likeness (QED) is 0.724. The van der Waals surface area contributed by atoms with Crippen molar-refractivity contribution in [1.29, 1.82) is 0 Å². The zero-order valence-electron chi connectivity index (χ0n) is 10.8. The number of aromatic nitrogens is 5. The van der Waals surface area contributed by atoms with Gasteiger partial charge in [0.05, 0.1) is 21.8 Å². The van der Waals surface area contributed by atoms with Gasteiger partial charge in [-0.1, -0.05) is 23.7 Å². The lowest BCUT2D eigenvalue weighted by atomic mass is 10.1. The average Bonchev–Trinajstić information content (AvgIpc) is 2.96. The molecule has 0 aliphatic heterocycles. The van der Waals surface area contributed by atoms with Crippen LogP contribution in [-0.4, -0.2) is 25.2 Å². The minimum absolute atomic E-state index is 0.0893. The van der Waals surface area contributed by atoms with Crippen LogP contribution in [0.15, 0.2) is 42.7 Å². The fraction of sp³-hybridized carbons (Fsp3) is 0.0769. The summed E-state index contributed by atoms with van der Waals surface area (Å²) in [7, 11) is 0. The van der Waals surface area contributed by atoms with Gasteiger partial charge in [-0.15, -0.1) is 5.10 Å². The first-order valence-corrected chi connectivity index (χ1v) is 6.41. The van der Waals surface area contributed by atoms with Gasteiger partial charge in [-0.25, -0.2) is 0 Å². The highest BCUT2D eigenvalue weighted by atomic mass is 35.5. The lowest BCUT2D eigenvalue weighted by molar-refractivity contribution is -0.137. The van der Waals surface area contributed by atoms with Crippen molar-refractivity contribution in [3.63, 3.8) is 0 Å². The Hall–Kier alpha value is -2.48. The highest BCUT2D eigenvalue weighted by Crippen LogP contribution is 2.36. The third kappa shape index (κ3) is 2.52. The van der Waals surface area contributed by atoms with E-state index in [1.54, 1.807) is 24.3 Å². The minimum atomic E-state index is -4.55. The maximum atomic E-state index is 13.1. The maximum Gasteiger partial charge on any atom is 0.417 e. The molecule has 0 radical (unpaired) electrons. The molecule has 2 heterocycles. The Kier molecular flexibility index (Phi) is 3.53. The monoisotopic (exact) mass is 325 g/mol. The van der Waals surface area contributed by atoms with Crippen molar-refractivity contribution in [2.45, 2.75) is 6.18 Å². The van der Waals surface area contributed by atoms with Gasteiger partial charge in [0.2, 0.25) is 0 Å². The summed E-state index contributed by atoms with van der Waals surface area (Å²) in [5, 5.41) is 11.2. The van der Waals surface area contributed by atoms with E-state index in [1.165, 1.54) is 0 Å². The summed E-state index contributed by atoms with van der Waals surface area (Å²) in [5.74, 6) is -0.0893. The van der Waals surface area contributed by atoms with Gasteiger partial charge in [0, 0.05) is 12.4 Å². The van der Waals surface area contributed by atoms with Crippen LogP contribution in [0.25, 0.3) is 17.1 Å². The van der Waals surface area contributed by atoms with Crippen molar-refractivity contribution >= 4 is 11.6 Å². The molecule has 3 rings (SSSR count). The lowest BCUT2D eigenvalue weighted by Gasteiger charge is -2.12. The smallest absolute Gasteiger partial charge is 0.264 e. The van der Waals surface area contributed by atoms with E-state index >= 15 is 0 Å². The first kappa shape index (κ1) is 14.5. The second-order valence-corrected chi connectivity index (χ2v) is 4.69. The van der Waals surface area contributed by atoms with Crippen LogP contribution in [-0.2, 0) is 6.18 Å². The molecule has 0 atom stereocenters.